The van der Waals surface area contributed by atoms with Crippen LogP contribution in [0.5, 0.6) is 0 Å². The molecule has 1 amide bonds. The Morgan fingerprint density at radius 3 is 2.48 bits per heavy atom. The number of carbonyl (C=O) groups excluding carboxylic acids is 1. The Morgan fingerprint density at radius 1 is 1.03 bits per heavy atom. The van der Waals surface area contributed by atoms with Crippen LogP contribution in [0, 0.1) is 5.82 Å². The van der Waals surface area contributed by atoms with Crippen molar-refractivity contribution in [3.8, 4) is 0 Å². The molecule has 0 aliphatic carbocycles. The molecule has 6 heteroatoms. The number of halogens is 1. The summed E-state index contributed by atoms with van der Waals surface area (Å²) in [4.78, 5) is 21.0. The first kappa shape index (κ1) is 20.5. The highest BCUT2D eigenvalue weighted by atomic mass is 19.1. The van der Waals surface area contributed by atoms with Crippen LogP contribution >= 0.6 is 0 Å². The van der Waals surface area contributed by atoms with Crippen molar-refractivity contribution in [1.82, 2.24) is 15.3 Å². The standard InChI is InChI=1S/C23H25FN4O/c1-23(2,3)18-6-4-5-7-19(18)27-22-26-15-13-20(28-22)21(29)25-14-12-16-8-10-17(24)11-9-16/h4-11,13,15H,12,14H2,1-3H3,(H,25,29)(H,26,27,28). The number of amides is 1. The highest BCUT2D eigenvalue weighted by Crippen LogP contribution is 2.30. The summed E-state index contributed by atoms with van der Waals surface area (Å²) in [6.45, 7) is 6.85. The van der Waals surface area contributed by atoms with Gasteiger partial charge in [-0.3, -0.25) is 4.79 Å². The summed E-state index contributed by atoms with van der Waals surface area (Å²) in [5.74, 6) is -0.179. The topological polar surface area (TPSA) is 66.9 Å². The number of nitrogens with one attached hydrogen (secondary N) is 2. The van der Waals surface area contributed by atoms with Gasteiger partial charge in [0.05, 0.1) is 0 Å². The summed E-state index contributed by atoms with van der Waals surface area (Å²) in [6, 6.07) is 15.8. The first-order valence-electron chi connectivity index (χ1n) is 9.55. The molecule has 1 aromatic heterocycles. The maximum atomic E-state index is 13.0. The fraction of sp³-hybridized carbons (Fsp3) is 0.261. The number of rotatable bonds is 6. The minimum absolute atomic E-state index is 0.0427. The number of anilines is 2. The predicted molar refractivity (Wildman–Crippen MR) is 113 cm³/mol. The van der Waals surface area contributed by atoms with Gasteiger partial charge in [0, 0.05) is 18.4 Å². The van der Waals surface area contributed by atoms with Crippen LogP contribution in [-0.4, -0.2) is 22.4 Å². The molecule has 0 aliphatic heterocycles. The van der Waals surface area contributed by atoms with Gasteiger partial charge in [-0.15, -0.1) is 0 Å². The van der Waals surface area contributed by atoms with Gasteiger partial charge in [0.2, 0.25) is 5.95 Å². The number of benzene rings is 2. The minimum atomic E-state index is -0.276. The van der Waals surface area contributed by atoms with E-state index in [1.807, 2.05) is 18.2 Å². The van der Waals surface area contributed by atoms with Gasteiger partial charge in [0.15, 0.2) is 0 Å². The summed E-state index contributed by atoms with van der Waals surface area (Å²) in [5, 5.41) is 6.06. The van der Waals surface area contributed by atoms with E-state index in [9.17, 15) is 9.18 Å². The fourth-order valence-corrected chi connectivity index (χ4v) is 2.97. The van der Waals surface area contributed by atoms with Crippen LogP contribution in [0.4, 0.5) is 16.0 Å². The van der Waals surface area contributed by atoms with Crippen LogP contribution in [0.3, 0.4) is 0 Å². The second-order valence-corrected chi connectivity index (χ2v) is 7.82. The zero-order valence-electron chi connectivity index (χ0n) is 16.9. The molecule has 2 N–H and O–H groups in total. The van der Waals surface area contributed by atoms with Crippen LogP contribution in [0.1, 0.15) is 42.4 Å². The summed E-state index contributed by atoms with van der Waals surface area (Å²) in [5.41, 5.74) is 3.25. The highest BCUT2D eigenvalue weighted by molar-refractivity contribution is 5.92. The van der Waals surface area contributed by atoms with Crippen molar-refractivity contribution >= 4 is 17.5 Å². The van der Waals surface area contributed by atoms with Gasteiger partial charge in [0.25, 0.3) is 5.91 Å². The van der Waals surface area contributed by atoms with E-state index in [0.717, 1.165) is 16.8 Å². The molecule has 5 nitrogen and oxygen atoms in total. The molecular formula is C23H25FN4O. The Morgan fingerprint density at radius 2 is 1.76 bits per heavy atom. The van der Waals surface area contributed by atoms with Crippen LogP contribution in [0.15, 0.2) is 60.8 Å². The SMILES string of the molecule is CC(C)(C)c1ccccc1Nc1nccc(C(=O)NCCc2ccc(F)cc2)n1. The lowest BCUT2D eigenvalue weighted by molar-refractivity contribution is 0.0949. The quantitative estimate of drug-likeness (QED) is 0.642. The van der Waals surface area contributed by atoms with Crippen LogP contribution in [0.25, 0.3) is 0 Å². The lowest BCUT2D eigenvalue weighted by Gasteiger charge is -2.23. The largest absolute Gasteiger partial charge is 0.350 e. The lowest BCUT2D eigenvalue weighted by atomic mass is 9.86. The first-order valence-corrected chi connectivity index (χ1v) is 9.55. The summed E-state index contributed by atoms with van der Waals surface area (Å²) in [7, 11) is 0. The van der Waals surface area contributed by atoms with Gasteiger partial charge in [-0.25, -0.2) is 14.4 Å². The molecule has 0 saturated carbocycles. The van der Waals surface area contributed by atoms with Gasteiger partial charge < -0.3 is 10.6 Å². The number of hydrogen-bond acceptors (Lipinski definition) is 4. The van der Waals surface area contributed by atoms with E-state index >= 15 is 0 Å². The van der Waals surface area contributed by atoms with Crippen molar-refractivity contribution in [1.29, 1.82) is 0 Å². The van der Waals surface area contributed by atoms with E-state index in [2.05, 4.69) is 47.4 Å². The zero-order valence-corrected chi connectivity index (χ0v) is 16.9. The van der Waals surface area contributed by atoms with E-state index < -0.39 is 0 Å². The molecule has 3 aromatic rings. The lowest BCUT2D eigenvalue weighted by Crippen LogP contribution is -2.26. The van der Waals surface area contributed by atoms with Crippen molar-refractivity contribution in [2.45, 2.75) is 32.6 Å². The molecule has 150 valence electrons. The number of aromatic nitrogens is 2. The second-order valence-electron chi connectivity index (χ2n) is 7.82. The molecule has 0 radical (unpaired) electrons. The Labute approximate surface area is 170 Å². The van der Waals surface area contributed by atoms with Crippen molar-refractivity contribution in [3.63, 3.8) is 0 Å². The van der Waals surface area contributed by atoms with Gasteiger partial charge >= 0.3 is 0 Å². The third-order valence-corrected chi connectivity index (χ3v) is 4.48. The molecule has 3 rings (SSSR count). The molecule has 29 heavy (non-hydrogen) atoms. The van der Waals surface area contributed by atoms with E-state index in [4.69, 9.17) is 0 Å². The van der Waals surface area contributed by atoms with Crippen LogP contribution in [-0.2, 0) is 11.8 Å². The molecule has 0 aliphatic rings. The number of para-hydroxylation sites is 1. The Hall–Kier alpha value is -3.28. The van der Waals surface area contributed by atoms with E-state index in [1.165, 1.54) is 12.1 Å². The fourth-order valence-electron chi connectivity index (χ4n) is 2.97. The highest BCUT2D eigenvalue weighted by Gasteiger charge is 2.18. The molecule has 0 unspecified atom stereocenters. The smallest absolute Gasteiger partial charge is 0.270 e. The Balaban J connectivity index is 1.65. The number of hydrogen-bond donors (Lipinski definition) is 2. The van der Waals surface area contributed by atoms with Gasteiger partial charge in [-0.2, -0.15) is 0 Å². The molecule has 0 bridgehead atoms. The minimum Gasteiger partial charge on any atom is -0.350 e. The van der Waals surface area contributed by atoms with Crippen molar-refractivity contribution < 1.29 is 9.18 Å². The average Bonchev–Trinajstić information content (AvgIpc) is 2.69. The Kier molecular flexibility index (Phi) is 6.22. The van der Waals surface area contributed by atoms with Crippen molar-refractivity contribution in [3.05, 3.63) is 83.4 Å². The zero-order chi connectivity index (χ0) is 20.9. The Bertz CT molecular complexity index is 981. The number of nitrogens with zero attached hydrogens (tertiary/aromatic N) is 2. The maximum Gasteiger partial charge on any atom is 0.270 e. The van der Waals surface area contributed by atoms with Crippen LogP contribution < -0.4 is 10.6 Å². The monoisotopic (exact) mass is 392 g/mol. The molecule has 0 spiro atoms. The summed E-state index contributed by atoms with van der Waals surface area (Å²) >= 11 is 0. The third kappa shape index (κ3) is 5.60. The number of carbonyl (C=O) groups is 1. The molecular weight excluding hydrogens is 367 g/mol. The van der Waals surface area contributed by atoms with E-state index in [0.29, 0.717) is 18.9 Å². The predicted octanol–water partition coefficient (Wildman–Crippen LogP) is 4.63. The molecule has 0 saturated heterocycles. The second kappa shape index (κ2) is 8.82. The first-order chi connectivity index (χ1) is 13.8. The van der Waals surface area contributed by atoms with Crippen LogP contribution in [0.2, 0.25) is 0 Å². The normalized spacial score (nSPS) is 11.2. The maximum absolute atomic E-state index is 13.0. The molecule has 0 atom stereocenters. The molecule has 0 fully saturated rings. The van der Waals surface area contributed by atoms with Crippen molar-refractivity contribution in [2.24, 2.45) is 0 Å². The average molecular weight is 392 g/mol. The van der Waals surface area contributed by atoms with Crippen molar-refractivity contribution in [2.75, 3.05) is 11.9 Å². The van der Waals surface area contributed by atoms with E-state index in [1.54, 1.807) is 24.4 Å². The van der Waals surface area contributed by atoms with Gasteiger partial charge in [-0.1, -0.05) is 51.1 Å². The molecule has 1 heterocycles. The summed E-state index contributed by atoms with van der Waals surface area (Å²) < 4.78 is 13.0. The summed E-state index contributed by atoms with van der Waals surface area (Å²) in [6.07, 6.45) is 2.17. The van der Waals surface area contributed by atoms with Gasteiger partial charge in [0.1, 0.15) is 11.5 Å². The third-order valence-electron chi connectivity index (χ3n) is 4.48. The molecule has 2 aromatic carbocycles. The van der Waals surface area contributed by atoms with Gasteiger partial charge in [-0.05, 0) is 47.2 Å². The van der Waals surface area contributed by atoms with E-state index in [-0.39, 0.29) is 22.8 Å².